The van der Waals surface area contributed by atoms with Crippen molar-refractivity contribution in [3.05, 3.63) is 34.9 Å². The molecule has 172 valence electrons. The van der Waals surface area contributed by atoms with Gasteiger partial charge in [-0.25, -0.2) is 8.42 Å². The molecule has 0 amide bonds. The van der Waals surface area contributed by atoms with Gasteiger partial charge in [0.1, 0.15) is 6.54 Å². The van der Waals surface area contributed by atoms with Gasteiger partial charge in [-0.1, -0.05) is 18.2 Å². The molecule has 31 heavy (non-hydrogen) atoms. The number of fused-ring (bicyclic) bond motifs is 1. The third-order valence-electron chi connectivity index (χ3n) is 7.58. The number of halogens is 3. The number of ether oxygens (including phenoxy) is 1. The molecule has 0 radical (unpaired) electrons. The lowest BCUT2D eigenvalue weighted by Crippen LogP contribution is -2.54. The molecule has 1 saturated heterocycles. The Morgan fingerprint density at radius 3 is 2.52 bits per heavy atom. The number of carbonyl (C=O) groups is 1. The van der Waals surface area contributed by atoms with Gasteiger partial charge in [0, 0.05) is 13.0 Å². The third kappa shape index (κ3) is 4.49. The van der Waals surface area contributed by atoms with Crippen LogP contribution >= 0.6 is 0 Å². The molecule has 2 fully saturated rings. The Kier molecular flexibility index (Phi) is 5.87. The third-order valence-corrected chi connectivity index (χ3v) is 9.35. The fourth-order valence-electron chi connectivity index (χ4n) is 6.00. The second kappa shape index (κ2) is 8.06. The average molecular weight is 460 g/mol. The molecular formula is C22H28F3NO4S. The van der Waals surface area contributed by atoms with Crippen molar-refractivity contribution in [2.24, 2.45) is 17.3 Å². The minimum Gasteiger partial charge on any atom is -0.469 e. The Labute approximate surface area is 181 Å². The Bertz CT molecular complexity index is 962. The highest BCUT2D eigenvalue weighted by atomic mass is 32.2. The van der Waals surface area contributed by atoms with E-state index in [1.807, 2.05) is 6.07 Å². The van der Waals surface area contributed by atoms with Crippen LogP contribution in [0.4, 0.5) is 13.2 Å². The van der Waals surface area contributed by atoms with Crippen LogP contribution in [-0.2, 0) is 38.8 Å². The van der Waals surface area contributed by atoms with E-state index >= 15 is 0 Å². The maximum atomic E-state index is 13.1. The van der Waals surface area contributed by atoms with Gasteiger partial charge < -0.3 is 4.74 Å². The molecular weight excluding hydrogens is 431 g/mol. The summed E-state index contributed by atoms with van der Waals surface area (Å²) >= 11 is 0. The maximum Gasteiger partial charge on any atom is 0.402 e. The fourth-order valence-corrected chi connectivity index (χ4v) is 7.68. The quantitative estimate of drug-likeness (QED) is 0.647. The molecule has 1 aromatic carbocycles. The van der Waals surface area contributed by atoms with Crippen molar-refractivity contribution in [1.29, 1.82) is 0 Å². The van der Waals surface area contributed by atoms with Gasteiger partial charge in [0.05, 0.1) is 12.9 Å². The van der Waals surface area contributed by atoms with E-state index in [9.17, 15) is 26.4 Å². The van der Waals surface area contributed by atoms with Crippen molar-refractivity contribution in [1.82, 2.24) is 4.31 Å². The van der Waals surface area contributed by atoms with E-state index in [1.165, 1.54) is 18.2 Å². The Morgan fingerprint density at radius 1 is 1.19 bits per heavy atom. The number of alkyl halides is 3. The summed E-state index contributed by atoms with van der Waals surface area (Å²) in [5.74, 6) is -0.121. The molecule has 1 aliphatic heterocycles. The van der Waals surface area contributed by atoms with E-state index in [2.05, 4.69) is 12.1 Å². The topological polar surface area (TPSA) is 63.7 Å². The summed E-state index contributed by atoms with van der Waals surface area (Å²) in [4.78, 5) is 11.5. The molecule has 1 saturated carbocycles. The van der Waals surface area contributed by atoms with Gasteiger partial charge >= 0.3 is 12.1 Å². The number of hydrogen-bond acceptors (Lipinski definition) is 4. The Morgan fingerprint density at radius 2 is 1.87 bits per heavy atom. The van der Waals surface area contributed by atoms with Crippen LogP contribution in [-0.4, -0.2) is 50.8 Å². The molecule has 0 aromatic heterocycles. The minimum absolute atomic E-state index is 0.0344. The molecule has 4 rings (SSSR count). The molecule has 1 aromatic rings. The molecule has 1 heterocycles. The van der Waals surface area contributed by atoms with Crippen molar-refractivity contribution < 1.29 is 31.1 Å². The number of esters is 1. The zero-order valence-corrected chi connectivity index (χ0v) is 18.4. The number of rotatable bonds is 4. The molecule has 3 aliphatic rings. The van der Waals surface area contributed by atoms with Crippen LogP contribution in [0.15, 0.2) is 18.2 Å². The SMILES string of the molecule is COC(=O)CCc1ccc2c(c1)C[C@H]1CC[C@@H](C2)[C@@]12CCS(=O)(=O)N(CC(F)(F)F)C2. The second-order valence-electron chi connectivity index (χ2n) is 9.24. The monoisotopic (exact) mass is 459 g/mol. The first-order valence-electron chi connectivity index (χ1n) is 10.7. The van der Waals surface area contributed by atoms with Gasteiger partial charge in [-0.05, 0) is 72.5 Å². The van der Waals surface area contributed by atoms with Crippen molar-refractivity contribution in [3.8, 4) is 0 Å². The number of carbonyl (C=O) groups excluding carboxylic acids is 1. The predicted molar refractivity (Wildman–Crippen MR) is 109 cm³/mol. The van der Waals surface area contributed by atoms with Gasteiger partial charge in [-0.2, -0.15) is 17.5 Å². The van der Waals surface area contributed by atoms with E-state index in [-0.39, 0.29) is 30.1 Å². The molecule has 3 atom stereocenters. The zero-order chi connectivity index (χ0) is 22.4. The first-order chi connectivity index (χ1) is 14.5. The van der Waals surface area contributed by atoms with Gasteiger partial charge in [0.15, 0.2) is 0 Å². The van der Waals surface area contributed by atoms with Crippen LogP contribution in [0, 0.1) is 17.3 Å². The number of nitrogens with zero attached hydrogens (tertiary/aromatic N) is 1. The predicted octanol–water partition coefficient (Wildman–Crippen LogP) is 3.50. The summed E-state index contributed by atoms with van der Waals surface area (Å²) < 4.78 is 69.5. The van der Waals surface area contributed by atoms with E-state index in [0.717, 1.165) is 31.2 Å². The van der Waals surface area contributed by atoms with Crippen molar-refractivity contribution in [2.45, 2.75) is 51.1 Å². The minimum atomic E-state index is -4.55. The molecule has 9 heteroatoms. The van der Waals surface area contributed by atoms with Crippen molar-refractivity contribution in [2.75, 3.05) is 26.0 Å². The van der Waals surface area contributed by atoms with Crippen LogP contribution in [0.3, 0.4) is 0 Å². The first-order valence-corrected chi connectivity index (χ1v) is 12.4. The number of sulfonamides is 1. The van der Waals surface area contributed by atoms with Gasteiger partial charge in [-0.15, -0.1) is 0 Å². The molecule has 2 aliphatic carbocycles. The largest absolute Gasteiger partial charge is 0.469 e. The summed E-state index contributed by atoms with van der Waals surface area (Å²) in [5.41, 5.74) is 3.02. The number of benzene rings is 1. The number of methoxy groups -OCH3 is 1. The Hall–Kier alpha value is -1.61. The summed E-state index contributed by atoms with van der Waals surface area (Å²) in [6, 6.07) is 6.19. The van der Waals surface area contributed by atoms with Crippen LogP contribution in [0.5, 0.6) is 0 Å². The van der Waals surface area contributed by atoms with Crippen LogP contribution < -0.4 is 0 Å². The van der Waals surface area contributed by atoms with E-state index < -0.39 is 28.2 Å². The van der Waals surface area contributed by atoms with Crippen LogP contribution in [0.2, 0.25) is 0 Å². The molecule has 2 bridgehead atoms. The van der Waals surface area contributed by atoms with Gasteiger partial charge in [-0.3, -0.25) is 4.79 Å². The molecule has 1 spiro atoms. The summed E-state index contributed by atoms with van der Waals surface area (Å²) in [7, 11) is -2.52. The van der Waals surface area contributed by atoms with Crippen LogP contribution in [0.25, 0.3) is 0 Å². The van der Waals surface area contributed by atoms with Crippen molar-refractivity contribution >= 4 is 16.0 Å². The maximum absolute atomic E-state index is 13.1. The van der Waals surface area contributed by atoms with E-state index in [0.29, 0.717) is 23.6 Å². The van der Waals surface area contributed by atoms with E-state index in [4.69, 9.17) is 4.74 Å². The summed E-state index contributed by atoms with van der Waals surface area (Å²) in [5, 5.41) is 0. The normalized spacial score (nSPS) is 30.1. The second-order valence-corrected chi connectivity index (χ2v) is 11.3. The molecule has 0 unspecified atom stereocenters. The van der Waals surface area contributed by atoms with Crippen LogP contribution in [0.1, 0.15) is 42.4 Å². The van der Waals surface area contributed by atoms with Gasteiger partial charge in [0.25, 0.3) is 0 Å². The highest BCUT2D eigenvalue weighted by Gasteiger charge is 2.56. The van der Waals surface area contributed by atoms with Gasteiger partial charge in [0.2, 0.25) is 10.0 Å². The zero-order valence-electron chi connectivity index (χ0n) is 17.6. The lowest BCUT2D eigenvalue weighted by Gasteiger charge is -2.46. The van der Waals surface area contributed by atoms with E-state index in [1.54, 1.807) is 0 Å². The average Bonchev–Trinajstić information content (AvgIpc) is 2.92. The molecule has 0 N–H and O–H groups in total. The number of hydrogen-bond donors (Lipinski definition) is 0. The number of aryl methyl sites for hydroxylation is 1. The van der Waals surface area contributed by atoms with Crippen molar-refractivity contribution in [3.63, 3.8) is 0 Å². The smallest absolute Gasteiger partial charge is 0.402 e. The summed E-state index contributed by atoms with van der Waals surface area (Å²) in [6.07, 6.45) is 0.118. The Balaban J connectivity index is 1.59. The highest BCUT2D eigenvalue weighted by Crippen LogP contribution is 2.57. The first kappa shape index (κ1) is 22.6. The fraction of sp³-hybridized carbons (Fsp3) is 0.682. The molecule has 5 nitrogen and oxygen atoms in total. The highest BCUT2D eigenvalue weighted by molar-refractivity contribution is 7.89. The standard InChI is InChI=1S/C22H28F3NO4S/c1-30-20(27)7-3-15-2-4-16-11-18-5-6-19(12-17(16)10-15)21(18)8-9-31(28,29)26(13-21)14-22(23,24)25/h2,4,10,18-19H,3,5-9,11-14H2,1H3/t18-,19+,21-/m0/s1. The lowest BCUT2D eigenvalue weighted by atomic mass is 9.68. The summed E-state index contributed by atoms with van der Waals surface area (Å²) in [6.45, 7) is -1.44. The lowest BCUT2D eigenvalue weighted by molar-refractivity contribution is -0.141.